The van der Waals surface area contributed by atoms with Gasteiger partial charge in [-0.25, -0.2) is 9.97 Å². The Hall–Kier alpha value is -2.92. The molecule has 2 aromatic heterocycles. The topological polar surface area (TPSA) is 41.1 Å². The third kappa shape index (κ3) is 3.58. The minimum Gasteiger partial charge on any atom is -0.378 e. The van der Waals surface area contributed by atoms with Crippen LogP contribution in [-0.4, -0.2) is 24.1 Å². The lowest BCUT2D eigenvalue weighted by atomic mass is 9.99. The van der Waals surface area contributed by atoms with Crippen molar-refractivity contribution in [2.75, 3.05) is 24.3 Å². The van der Waals surface area contributed by atoms with Crippen molar-refractivity contribution in [2.45, 2.75) is 19.8 Å². The lowest BCUT2D eigenvalue weighted by Crippen LogP contribution is -2.08. The van der Waals surface area contributed by atoms with Gasteiger partial charge in [0.25, 0.3) is 0 Å². The first-order valence-corrected chi connectivity index (χ1v) is 10.3. The number of aromatic nitrogens is 2. The molecule has 0 spiro atoms. The van der Waals surface area contributed by atoms with Crippen LogP contribution in [0.25, 0.3) is 21.3 Å². The fourth-order valence-corrected chi connectivity index (χ4v) is 4.13. The first-order chi connectivity index (χ1) is 13.5. The predicted molar refractivity (Wildman–Crippen MR) is 121 cm³/mol. The second-order valence-electron chi connectivity index (χ2n) is 7.39. The van der Waals surface area contributed by atoms with Crippen LogP contribution >= 0.6 is 11.3 Å². The first-order valence-electron chi connectivity index (χ1n) is 9.40. The van der Waals surface area contributed by atoms with Gasteiger partial charge in [0.1, 0.15) is 17.0 Å². The third-order valence-corrected chi connectivity index (χ3v) is 5.79. The summed E-state index contributed by atoms with van der Waals surface area (Å²) in [5.41, 5.74) is 5.89. The van der Waals surface area contributed by atoms with E-state index in [2.05, 4.69) is 87.9 Å². The van der Waals surface area contributed by atoms with Crippen molar-refractivity contribution >= 4 is 38.7 Å². The molecule has 0 saturated carbocycles. The van der Waals surface area contributed by atoms with Crippen molar-refractivity contribution in [1.82, 2.24) is 9.97 Å². The Morgan fingerprint density at radius 3 is 2.29 bits per heavy atom. The van der Waals surface area contributed by atoms with E-state index >= 15 is 0 Å². The lowest BCUT2D eigenvalue weighted by molar-refractivity contribution is 0.867. The SMILES string of the molecule is CC(C)c1ccc(-c2csc3ncnc(Nc4ccc(N(C)C)cc4)c23)cc1. The number of nitrogens with one attached hydrogen (secondary N) is 1. The second kappa shape index (κ2) is 7.60. The van der Waals surface area contributed by atoms with Crippen molar-refractivity contribution in [3.63, 3.8) is 0 Å². The monoisotopic (exact) mass is 388 g/mol. The smallest absolute Gasteiger partial charge is 0.143 e. The Morgan fingerprint density at radius 1 is 0.929 bits per heavy atom. The Bertz CT molecular complexity index is 1080. The van der Waals surface area contributed by atoms with Gasteiger partial charge in [0, 0.05) is 36.4 Å². The van der Waals surface area contributed by atoms with Crippen LogP contribution < -0.4 is 10.2 Å². The summed E-state index contributed by atoms with van der Waals surface area (Å²) >= 11 is 1.65. The first kappa shape index (κ1) is 18.4. The molecule has 142 valence electrons. The minimum atomic E-state index is 0.527. The highest BCUT2D eigenvalue weighted by Gasteiger charge is 2.14. The molecule has 1 N–H and O–H groups in total. The summed E-state index contributed by atoms with van der Waals surface area (Å²) in [6.45, 7) is 4.43. The molecule has 0 saturated heterocycles. The van der Waals surface area contributed by atoms with Gasteiger partial charge in [0.05, 0.1) is 5.39 Å². The van der Waals surface area contributed by atoms with E-state index < -0.39 is 0 Å². The molecule has 2 aromatic carbocycles. The number of nitrogens with zero attached hydrogens (tertiary/aromatic N) is 3. The summed E-state index contributed by atoms with van der Waals surface area (Å²) in [7, 11) is 4.08. The highest BCUT2D eigenvalue weighted by molar-refractivity contribution is 7.17. The van der Waals surface area contributed by atoms with Crippen molar-refractivity contribution in [3.05, 3.63) is 65.8 Å². The van der Waals surface area contributed by atoms with Gasteiger partial charge in [-0.3, -0.25) is 0 Å². The molecule has 0 aliphatic rings. The zero-order valence-electron chi connectivity index (χ0n) is 16.6. The number of anilines is 3. The average Bonchev–Trinajstić information content (AvgIpc) is 3.14. The van der Waals surface area contributed by atoms with E-state index in [1.54, 1.807) is 17.7 Å². The average molecular weight is 389 g/mol. The minimum absolute atomic E-state index is 0.527. The molecule has 0 atom stereocenters. The molecule has 0 amide bonds. The van der Waals surface area contributed by atoms with Gasteiger partial charge in [0.2, 0.25) is 0 Å². The Labute approximate surface area is 169 Å². The number of rotatable bonds is 5. The van der Waals surface area contributed by atoms with Crippen LogP contribution in [0.15, 0.2) is 60.2 Å². The van der Waals surface area contributed by atoms with Crippen molar-refractivity contribution < 1.29 is 0 Å². The van der Waals surface area contributed by atoms with Gasteiger partial charge in [-0.1, -0.05) is 38.1 Å². The van der Waals surface area contributed by atoms with E-state index in [9.17, 15) is 0 Å². The van der Waals surface area contributed by atoms with E-state index in [0.29, 0.717) is 5.92 Å². The molecule has 2 heterocycles. The van der Waals surface area contributed by atoms with Crippen LogP contribution in [0.1, 0.15) is 25.3 Å². The molecular weight excluding hydrogens is 364 g/mol. The Balaban J connectivity index is 1.72. The summed E-state index contributed by atoms with van der Waals surface area (Å²) in [6.07, 6.45) is 1.63. The van der Waals surface area contributed by atoms with E-state index in [0.717, 1.165) is 21.7 Å². The lowest BCUT2D eigenvalue weighted by Gasteiger charge is -2.13. The molecule has 4 rings (SSSR count). The quantitative estimate of drug-likeness (QED) is 0.436. The van der Waals surface area contributed by atoms with E-state index in [1.807, 2.05) is 14.1 Å². The molecular formula is C23H24N4S. The zero-order valence-corrected chi connectivity index (χ0v) is 17.4. The van der Waals surface area contributed by atoms with Crippen LogP contribution in [-0.2, 0) is 0 Å². The Kier molecular flexibility index (Phi) is 5.01. The normalized spacial score (nSPS) is 11.2. The van der Waals surface area contributed by atoms with Crippen LogP contribution in [0.2, 0.25) is 0 Å². The van der Waals surface area contributed by atoms with Gasteiger partial charge < -0.3 is 10.2 Å². The molecule has 4 nitrogen and oxygen atoms in total. The van der Waals surface area contributed by atoms with Crippen molar-refractivity contribution in [3.8, 4) is 11.1 Å². The van der Waals surface area contributed by atoms with Crippen LogP contribution in [0.3, 0.4) is 0 Å². The van der Waals surface area contributed by atoms with E-state index in [1.165, 1.54) is 22.4 Å². The van der Waals surface area contributed by atoms with E-state index in [4.69, 9.17) is 0 Å². The molecule has 0 unspecified atom stereocenters. The fraction of sp³-hybridized carbons (Fsp3) is 0.217. The standard InChI is InChI=1S/C23H24N4S/c1-15(2)16-5-7-17(8-6-16)20-13-28-23-21(20)22(24-14-25-23)26-18-9-11-19(12-10-18)27(3)4/h5-15H,1-4H3,(H,24,25,26). The van der Waals surface area contributed by atoms with Gasteiger partial charge in [-0.05, 0) is 41.3 Å². The van der Waals surface area contributed by atoms with E-state index in [-0.39, 0.29) is 0 Å². The number of benzene rings is 2. The molecule has 0 aliphatic carbocycles. The maximum absolute atomic E-state index is 4.54. The molecule has 0 bridgehead atoms. The van der Waals surface area contributed by atoms with Crippen LogP contribution in [0.4, 0.5) is 17.2 Å². The molecule has 28 heavy (non-hydrogen) atoms. The number of hydrogen-bond acceptors (Lipinski definition) is 5. The van der Waals surface area contributed by atoms with Gasteiger partial charge in [0.15, 0.2) is 0 Å². The van der Waals surface area contributed by atoms with Crippen LogP contribution in [0, 0.1) is 0 Å². The summed E-state index contributed by atoms with van der Waals surface area (Å²) < 4.78 is 0. The highest BCUT2D eigenvalue weighted by atomic mass is 32.1. The summed E-state index contributed by atoms with van der Waals surface area (Å²) in [6, 6.07) is 17.2. The maximum Gasteiger partial charge on any atom is 0.143 e. The van der Waals surface area contributed by atoms with Gasteiger partial charge in [-0.2, -0.15) is 0 Å². The number of thiophene rings is 1. The summed E-state index contributed by atoms with van der Waals surface area (Å²) in [5.74, 6) is 1.37. The Morgan fingerprint density at radius 2 is 1.64 bits per heavy atom. The van der Waals surface area contributed by atoms with Gasteiger partial charge in [-0.15, -0.1) is 11.3 Å². The van der Waals surface area contributed by atoms with Crippen molar-refractivity contribution in [2.24, 2.45) is 0 Å². The third-order valence-electron chi connectivity index (χ3n) is 4.91. The predicted octanol–water partition coefficient (Wildman–Crippen LogP) is 6.29. The summed E-state index contributed by atoms with van der Waals surface area (Å²) in [5, 5.41) is 6.72. The fourth-order valence-electron chi connectivity index (χ4n) is 3.21. The molecule has 5 heteroatoms. The van der Waals surface area contributed by atoms with Crippen LogP contribution in [0.5, 0.6) is 0 Å². The second-order valence-corrected chi connectivity index (χ2v) is 8.25. The van der Waals surface area contributed by atoms with Gasteiger partial charge >= 0.3 is 0 Å². The molecule has 0 radical (unpaired) electrons. The number of hydrogen-bond donors (Lipinski definition) is 1. The number of fused-ring (bicyclic) bond motifs is 1. The molecule has 4 aromatic rings. The van der Waals surface area contributed by atoms with Crippen molar-refractivity contribution in [1.29, 1.82) is 0 Å². The highest BCUT2D eigenvalue weighted by Crippen LogP contribution is 2.37. The largest absolute Gasteiger partial charge is 0.378 e. The molecule has 0 aliphatic heterocycles. The maximum atomic E-state index is 4.54. The molecule has 0 fully saturated rings. The summed E-state index contributed by atoms with van der Waals surface area (Å²) in [4.78, 5) is 12.1. The zero-order chi connectivity index (χ0) is 19.7.